The molecule has 1 saturated heterocycles. The maximum absolute atomic E-state index is 4.75. The van der Waals surface area contributed by atoms with Gasteiger partial charge in [-0.3, -0.25) is 0 Å². The van der Waals surface area contributed by atoms with Gasteiger partial charge in [-0.05, 0) is 13.5 Å². The maximum atomic E-state index is 4.75. The first-order chi connectivity index (χ1) is 9.60. The highest BCUT2D eigenvalue weighted by Crippen LogP contribution is 2.21. The fourth-order valence-corrected chi connectivity index (χ4v) is 2.25. The van der Waals surface area contributed by atoms with Gasteiger partial charge in [0.1, 0.15) is 17.5 Å². The summed E-state index contributed by atoms with van der Waals surface area (Å²) in [5.74, 6) is 3.31. The number of hydrogen-bond donors (Lipinski definition) is 1. The predicted molar refractivity (Wildman–Crippen MR) is 84.6 cm³/mol. The van der Waals surface area contributed by atoms with E-state index in [-0.39, 0.29) is 0 Å². The van der Waals surface area contributed by atoms with Crippen molar-refractivity contribution in [1.82, 2.24) is 14.9 Å². The van der Waals surface area contributed by atoms with Crippen molar-refractivity contribution >= 4 is 11.6 Å². The Bertz CT molecular complexity index is 424. The molecule has 1 fully saturated rings. The van der Waals surface area contributed by atoms with Crippen LogP contribution in [0.15, 0.2) is 6.07 Å². The molecule has 0 unspecified atom stereocenters. The first-order valence-corrected chi connectivity index (χ1v) is 7.66. The van der Waals surface area contributed by atoms with E-state index in [1.165, 1.54) is 0 Å². The van der Waals surface area contributed by atoms with Crippen LogP contribution in [0.4, 0.5) is 11.6 Å². The van der Waals surface area contributed by atoms with E-state index in [1.807, 2.05) is 0 Å². The molecule has 20 heavy (non-hydrogen) atoms. The summed E-state index contributed by atoms with van der Waals surface area (Å²) < 4.78 is 0. The van der Waals surface area contributed by atoms with Gasteiger partial charge in [0.2, 0.25) is 0 Å². The van der Waals surface area contributed by atoms with Crippen molar-refractivity contribution in [3.05, 3.63) is 11.9 Å². The van der Waals surface area contributed by atoms with Gasteiger partial charge in [0.15, 0.2) is 0 Å². The van der Waals surface area contributed by atoms with Crippen LogP contribution in [0, 0.1) is 0 Å². The van der Waals surface area contributed by atoms with Gasteiger partial charge in [-0.2, -0.15) is 0 Å². The normalized spacial score (nSPS) is 16.8. The number of aromatic nitrogens is 2. The summed E-state index contributed by atoms with van der Waals surface area (Å²) >= 11 is 0. The molecule has 112 valence electrons. The van der Waals surface area contributed by atoms with Crippen LogP contribution >= 0.6 is 0 Å². The largest absolute Gasteiger partial charge is 0.370 e. The van der Waals surface area contributed by atoms with Crippen molar-refractivity contribution in [1.29, 1.82) is 0 Å². The molecule has 0 radical (unpaired) electrons. The molecule has 1 aromatic rings. The molecule has 0 aromatic carbocycles. The summed E-state index contributed by atoms with van der Waals surface area (Å²) in [5.41, 5.74) is 0. The Hall–Kier alpha value is -1.36. The minimum atomic E-state index is 0.351. The van der Waals surface area contributed by atoms with Gasteiger partial charge in [-0.1, -0.05) is 20.8 Å². The zero-order valence-electron chi connectivity index (χ0n) is 13.2. The van der Waals surface area contributed by atoms with Crippen LogP contribution in [0.3, 0.4) is 0 Å². The van der Waals surface area contributed by atoms with Crippen LogP contribution in [0.2, 0.25) is 0 Å². The fourth-order valence-electron chi connectivity index (χ4n) is 2.25. The molecule has 5 heteroatoms. The van der Waals surface area contributed by atoms with E-state index in [9.17, 15) is 0 Å². The zero-order chi connectivity index (χ0) is 14.5. The zero-order valence-corrected chi connectivity index (χ0v) is 13.2. The second-order valence-corrected chi connectivity index (χ2v) is 5.84. The molecule has 0 aliphatic carbocycles. The summed E-state index contributed by atoms with van der Waals surface area (Å²) in [6.07, 6.45) is 1.10. The molecule has 2 heterocycles. The van der Waals surface area contributed by atoms with E-state index in [2.05, 4.69) is 54.0 Å². The predicted octanol–water partition coefficient (Wildman–Crippen LogP) is 2.17. The minimum Gasteiger partial charge on any atom is -0.370 e. The van der Waals surface area contributed by atoms with Crippen molar-refractivity contribution in [2.24, 2.45) is 0 Å². The van der Waals surface area contributed by atoms with Crippen LogP contribution in [0.25, 0.3) is 0 Å². The van der Waals surface area contributed by atoms with Gasteiger partial charge < -0.3 is 15.1 Å². The molecule has 2 rings (SSSR count). The van der Waals surface area contributed by atoms with Gasteiger partial charge in [0, 0.05) is 44.7 Å². The van der Waals surface area contributed by atoms with Gasteiger partial charge in [-0.25, -0.2) is 9.97 Å². The Kier molecular flexibility index (Phi) is 5.17. The van der Waals surface area contributed by atoms with Crippen LogP contribution in [-0.4, -0.2) is 54.6 Å². The summed E-state index contributed by atoms with van der Waals surface area (Å²) in [6, 6.07) is 2.09. The average molecular weight is 277 g/mol. The Balaban J connectivity index is 2.19. The number of nitrogens with zero attached hydrogens (tertiary/aromatic N) is 4. The van der Waals surface area contributed by atoms with Gasteiger partial charge in [0.25, 0.3) is 0 Å². The molecule has 0 amide bonds. The van der Waals surface area contributed by atoms with Crippen molar-refractivity contribution in [3.63, 3.8) is 0 Å². The third-order valence-electron chi connectivity index (χ3n) is 3.63. The van der Waals surface area contributed by atoms with E-state index in [0.29, 0.717) is 5.92 Å². The Morgan fingerprint density at radius 2 is 1.90 bits per heavy atom. The lowest BCUT2D eigenvalue weighted by Gasteiger charge is -2.33. The van der Waals surface area contributed by atoms with Crippen molar-refractivity contribution < 1.29 is 0 Å². The maximum Gasteiger partial charge on any atom is 0.135 e. The SMILES string of the molecule is CCCNc1cc(N2CCN(C)CC2)nc(C(C)C)n1. The van der Waals surface area contributed by atoms with E-state index in [4.69, 9.17) is 4.98 Å². The van der Waals surface area contributed by atoms with Gasteiger partial charge >= 0.3 is 0 Å². The van der Waals surface area contributed by atoms with E-state index < -0.39 is 0 Å². The Morgan fingerprint density at radius 1 is 1.20 bits per heavy atom. The highest BCUT2D eigenvalue weighted by molar-refractivity contribution is 5.50. The van der Waals surface area contributed by atoms with Crippen LogP contribution in [-0.2, 0) is 0 Å². The minimum absolute atomic E-state index is 0.351. The first-order valence-electron chi connectivity index (χ1n) is 7.66. The third kappa shape index (κ3) is 3.82. The quantitative estimate of drug-likeness (QED) is 0.893. The third-order valence-corrected chi connectivity index (χ3v) is 3.63. The average Bonchev–Trinajstić information content (AvgIpc) is 2.45. The fraction of sp³-hybridized carbons (Fsp3) is 0.733. The number of hydrogen-bond acceptors (Lipinski definition) is 5. The molecule has 0 spiro atoms. The van der Waals surface area contributed by atoms with Crippen LogP contribution in [0.1, 0.15) is 38.9 Å². The second kappa shape index (κ2) is 6.88. The lowest BCUT2D eigenvalue weighted by Crippen LogP contribution is -2.45. The standard InChI is InChI=1S/C15H27N5/c1-5-6-16-13-11-14(18-15(17-13)12(2)3)20-9-7-19(4)8-10-20/h11-12H,5-10H2,1-4H3,(H,16,17,18). The van der Waals surface area contributed by atoms with Gasteiger partial charge in [0.05, 0.1) is 0 Å². The molecular formula is C15H27N5. The molecular weight excluding hydrogens is 250 g/mol. The summed E-state index contributed by atoms with van der Waals surface area (Å²) in [4.78, 5) is 14.1. The monoisotopic (exact) mass is 277 g/mol. The number of piperazine rings is 1. The van der Waals surface area contributed by atoms with Crippen molar-refractivity contribution in [2.75, 3.05) is 50.0 Å². The van der Waals surface area contributed by atoms with Crippen LogP contribution in [0.5, 0.6) is 0 Å². The van der Waals surface area contributed by atoms with Crippen molar-refractivity contribution in [2.45, 2.75) is 33.1 Å². The molecule has 5 nitrogen and oxygen atoms in total. The summed E-state index contributed by atoms with van der Waals surface area (Å²) in [5, 5.41) is 3.39. The molecule has 0 bridgehead atoms. The Labute approximate surface area is 122 Å². The molecule has 1 aliphatic heterocycles. The number of likely N-dealkylation sites (N-methyl/N-ethyl adjacent to an activating group) is 1. The highest BCUT2D eigenvalue weighted by atomic mass is 15.3. The van der Waals surface area contributed by atoms with E-state index in [0.717, 1.165) is 56.6 Å². The summed E-state index contributed by atoms with van der Waals surface area (Å²) in [7, 11) is 2.17. The van der Waals surface area contributed by atoms with Gasteiger partial charge in [-0.15, -0.1) is 0 Å². The molecule has 0 atom stereocenters. The second-order valence-electron chi connectivity index (χ2n) is 5.84. The molecule has 0 saturated carbocycles. The highest BCUT2D eigenvalue weighted by Gasteiger charge is 2.17. The smallest absolute Gasteiger partial charge is 0.135 e. The lowest BCUT2D eigenvalue weighted by molar-refractivity contribution is 0.312. The van der Waals surface area contributed by atoms with Crippen molar-refractivity contribution in [3.8, 4) is 0 Å². The van der Waals surface area contributed by atoms with E-state index >= 15 is 0 Å². The molecule has 1 aromatic heterocycles. The number of anilines is 2. The number of nitrogens with one attached hydrogen (secondary N) is 1. The lowest BCUT2D eigenvalue weighted by atomic mass is 10.2. The Morgan fingerprint density at radius 3 is 2.50 bits per heavy atom. The van der Waals surface area contributed by atoms with Crippen LogP contribution < -0.4 is 10.2 Å². The first kappa shape index (κ1) is 15.0. The van der Waals surface area contributed by atoms with E-state index in [1.54, 1.807) is 0 Å². The summed E-state index contributed by atoms with van der Waals surface area (Å²) in [6.45, 7) is 11.7. The number of rotatable bonds is 5. The topological polar surface area (TPSA) is 44.3 Å². The molecule has 1 aliphatic rings. The molecule has 1 N–H and O–H groups in total.